The number of hydrogen-bond acceptors (Lipinski definition) is 4. The molecule has 9 atom stereocenters. The topological polar surface area (TPSA) is 66.3 Å². The fourth-order valence-electron chi connectivity index (χ4n) is 11.8. The fourth-order valence-corrected chi connectivity index (χ4v) is 11.8. The molecule has 40 heavy (non-hydrogen) atoms. The van der Waals surface area contributed by atoms with Gasteiger partial charge in [0.25, 0.3) is 0 Å². The van der Waals surface area contributed by atoms with Gasteiger partial charge in [-0.15, -0.1) is 0 Å². The van der Waals surface area contributed by atoms with Gasteiger partial charge in [0.05, 0.1) is 11.1 Å². The van der Waals surface area contributed by atoms with Crippen molar-refractivity contribution >= 4 is 11.8 Å². The number of carbonyl (C=O) groups is 1. The number of carboxylic acids is 1. The summed E-state index contributed by atoms with van der Waals surface area (Å²) in [6.07, 6.45) is 10.8. The number of allylic oxidation sites excluding steroid dienone is 2. The lowest BCUT2D eigenvalue weighted by Gasteiger charge is -2.70. The highest BCUT2D eigenvalue weighted by atomic mass is 16.4. The molecule has 0 saturated heterocycles. The fraction of sp³-hybridized carbons (Fsp3) is 0.800. The van der Waals surface area contributed by atoms with Crippen molar-refractivity contribution in [2.24, 2.45) is 51.2 Å². The summed E-state index contributed by atoms with van der Waals surface area (Å²) in [5.74, 6) is 3.67. The molecular formula is C35H53N3O2. The van der Waals surface area contributed by atoms with Crippen molar-refractivity contribution in [3.8, 4) is 0 Å². The summed E-state index contributed by atoms with van der Waals surface area (Å²) in [4.78, 5) is 25.3. The van der Waals surface area contributed by atoms with E-state index in [9.17, 15) is 9.90 Å². The van der Waals surface area contributed by atoms with Crippen LogP contribution in [0, 0.1) is 58.2 Å². The molecule has 0 radical (unpaired) electrons. The van der Waals surface area contributed by atoms with Crippen molar-refractivity contribution in [3.05, 3.63) is 28.7 Å². The molecule has 1 heterocycles. The van der Waals surface area contributed by atoms with Crippen LogP contribution in [0.15, 0.2) is 11.6 Å². The second-order valence-corrected chi connectivity index (χ2v) is 16.3. The molecular weight excluding hydrogens is 494 g/mol. The van der Waals surface area contributed by atoms with Crippen molar-refractivity contribution < 1.29 is 9.90 Å². The van der Waals surface area contributed by atoms with Crippen LogP contribution < -0.4 is 4.90 Å². The number of aromatic nitrogens is 2. The molecule has 5 nitrogen and oxygen atoms in total. The average molecular weight is 548 g/mol. The molecule has 3 saturated carbocycles. The molecule has 0 aromatic carbocycles. The van der Waals surface area contributed by atoms with Gasteiger partial charge in [-0.1, -0.05) is 60.1 Å². The number of fused-ring (bicyclic) bond motifs is 8. The summed E-state index contributed by atoms with van der Waals surface area (Å²) < 4.78 is 0. The van der Waals surface area contributed by atoms with Gasteiger partial charge in [0, 0.05) is 25.1 Å². The third-order valence-electron chi connectivity index (χ3n) is 14.2. The lowest BCUT2D eigenvalue weighted by molar-refractivity contribution is -0.179. The van der Waals surface area contributed by atoms with Crippen LogP contribution in [0.25, 0.3) is 0 Å². The average Bonchev–Trinajstić information content (AvgIpc) is 2.86. The Morgan fingerprint density at radius 1 is 0.975 bits per heavy atom. The summed E-state index contributed by atoms with van der Waals surface area (Å²) >= 11 is 0. The van der Waals surface area contributed by atoms with Gasteiger partial charge >= 0.3 is 5.97 Å². The number of nitrogens with zero attached hydrogens (tertiary/aromatic N) is 3. The lowest BCUT2D eigenvalue weighted by Crippen LogP contribution is -2.65. The zero-order valence-corrected chi connectivity index (χ0v) is 26.8. The summed E-state index contributed by atoms with van der Waals surface area (Å²) in [6.45, 7) is 19.4. The largest absolute Gasteiger partial charge is 0.481 e. The first-order chi connectivity index (χ1) is 18.5. The summed E-state index contributed by atoms with van der Waals surface area (Å²) in [5, 5.41) is 10.7. The van der Waals surface area contributed by atoms with Crippen LogP contribution >= 0.6 is 0 Å². The van der Waals surface area contributed by atoms with E-state index in [0.29, 0.717) is 23.7 Å². The Kier molecular flexibility index (Phi) is 6.04. The zero-order chi connectivity index (χ0) is 29.2. The van der Waals surface area contributed by atoms with E-state index in [4.69, 9.17) is 9.97 Å². The van der Waals surface area contributed by atoms with Gasteiger partial charge < -0.3 is 10.0 Å². The Bertz CT molecular complexity index is 1280. The standard InChI is InChI=1S/C35H53N3O2/c1-20-13-16-35(30(39)40)18-17-33(7)24(27(35)21(20)2)11-12-26-32(6)19-23-28(36-22(3)37-29(23)38(9)10)31(4,5)25(32)14-15-34(26,33)8/h11,20-21,25-27H,12-19H2,1-10H3,(H,39,40)/t20-,21+,25+,26-,27+,32+,33-,34-,35+/m1/s1. The maximum Gasteiger partial charge on any atom is 0.310 e. The van der Waals surface area contributed by atoms with E-state index in [1.165, 1.54) is 29.7 Å². The first kappa shape index (κ1) is 28.2. The molecule has 1 aromatic heterocycles. The molecule has 0 aliphatic heterocycles. The minimum atomic E-state index is -0.580. The highest BCUT2D eigenvalue weighted by Gasteiger charge is 2.69. The smallest absolute Gasteiger partial charge is 0.310 e. The molecule has 5 aliphatic carbocycles. The van der Waals surface area contributed by atoms with Crippen LogP contribution in [0.2, 0.25) is 0 Å². The zero-order valence-electron chi connectivity index (χ0n) is 26.8. The third kappa shape index (κ3) is 3.30. The van der Waals surface area contributed by atoms with Crippen molar-refractivity contribution in [3.63, 3.8) is 0 Å². The summed E-state index contributed by atoms with van der Waals surface area (Å²) in [7, 11) is 4.24. The first-order valence-corrected chi connectivity index (χ1v) is 16.0. The highest BCUT2D eigenvalue weighted by Crippen LogP contribution is 2.75. The minimum Gasteiger partial charge on any atom is -0.481 e. The predicted molar refractivity (Wildman–Crippen MR) is 161 cm³/mol. The van der Waals surface area contributed by atoms with Gasteiger partial charge in [-0.2, -0.15) is 0 Å². The number of hydrogen-bond donors (Lipinski definition) is 1. The van der Waals surface area contributed by atoms with Gasteiger partial charge in [-0.3, -0.25) is 4.79 Å². The van der Waals surface area contributed by atoms with Crippen molar-refractivity contribution in [2.75, 3.05) is 19.0 Å². The number of aryl methyl sites for hydroxylation is 1. The first-order valence-electron chi connectivity index (χ1n) is 16.0. The molecule has 1 N–H and O–H groups in total. The Balaban J connectivity index is 1.50. The van der Waals surface area contributed by atoms with E-state index in [2.05, 4.69) is 73.5 Å². The monoisotopic (exact) mass is 547 g/mol. The van der Waals surface area contributed by atoms with E-state index < -0.39 is 11.4 Å². The van der Waals surface area contributed by atoms with E-state index in [-0.39, 0.29) is 27.6 Å². The molecule has 3 fully saturated rings. The summed E-state index contributed by atoms with van der Waals surface area (Å²) in [5.41, 5.74) is 3.85. The number of carboxylic acid groups (broad SMARTS) is 1. The molecule has 0 bridgehead atoms. The molecule has 0 unspecified atom stereocenters. The van der Waals surface area contributed by atoms with Crippen LogP contribution in [0.3, 0.4) is 0 Å². The van der Waals surface area contributed by atoms with Crippen LogP contribution in [0.5, 0.6) is 0 Å². The van der Waals surface area contributed by atoms with Crippen molar-refractivity contribution in [1.29, 1.82) is 0 Å². The normalized spacial score (nSPS) is 45.1. The molecule has 0 spiro atoms. The lowest BCUT2D eigenvalue weighted by atomic mass is 9.33. The van der Waals surface area contributed by atoms with E-state index >= 15 is 0 Å². The SMILES string of the molecule is Cc1nc(N(C)C)c2c(n1)C(C)(C)[C@@H]1CC[C@]3(C)[C@H](CC=C4[C@@H]5[C@@H](C)[C@H](C)CC[C@]5(C(=O)O)CC[C@]43C)[C@@]1(C)C2. The maximum absolute atomic E-state index is 13.0. The van der Waals surface area contributed by atoms with Gasteiger partial charge in [-0.05, 0) is 104 Å². The van der Waals surface area contributed by atoms with Crippen LogP contribution in [-0.2, 0) is 16.6 Å². The van der Waals surface area contributed by atoms with Gasteiger partial charge in [-0.25, -0.2) is 9.97 Å². The van der Waals surface area contributed by atoms with Crippen LogP contribution in [-0.4, -0.2) is 35.1 Å². The Hall–Kier alpha value is -1.91. The van der Waals surface area contributed by atoms with E-state index in [0.717, 1.165) is 50.2 Å². The molecule has 0 amide bonds. The van der Waals surface area contributed by atoms with Crippen molar-refractivity contribution in [2.45, 2.75) is 112 Å². The quantitative estimate of drug-likeness (QED) is 0.386. The van der Waals surface area contributed by atoms with Gasteiger partial charge in [0.2, 0.25) is 0 Å². The summed E-state index contributed by atoms with van der Waals surface area (Å²) in [6, 6.07) is 0. The van der Waals surface area contributed by atoms with Crippen molar-refractivity contribution in [1.82, 2.24) is 9.97 Å². The number of aliphatic carboxylic acids is 1. The van der Waals surface area contributed by atoms with Crippen LogP contribution in [0.1, 0.15) is 110 Å². The third-order valence-corrected chi connectivity index (χ3v) is 14.2. The molecule has 6 rings (SSSR count). The predicted octanol–water partition coefficient (Wildman–Crippen LogP) is 7.61. The molecule has 220 valence electrons. The minimum absolute atomic E-state index is 0.0225. The maximum atomic E-state index is 13.0. The number of anilines is 1. The Morgan fingerprint density at radius 3 is 2.33 bits per heavy atom. The Labute approximate surface area is 242 Å². The molecule has 1 aromatic rings. The number of rotatable bonds is 2. The Morgan fingerprint density at radius 2 is 1.68 bits per heavy atom. The molecule has 5 heteroatoms. The molecule has 5 aliphatic rings. The van der Waals surface area contributed by atoms with Gasteiger partial charge in [0.15, 0.2) is 0 Å². The second-order valence-electron chi connectivity index (χ2n) is 16.3. The highest BCUT2D eigenvalue weighted by molar-refractivity contribution is 5.76. The van der Waals surface area contributed by atoms with Crippen LogP contribution in [0.4, 0.5) is 5.82 Å². The van der Waals surface area contributed by atoms with E-state index in [1.807, 2.05) is 6.92 Å². The van der Waals surface area contributed by atoms with E-state index in [1.54, 1.807) is 0 Å². The van der Waals surface area contributed by atoms with Gasteiger partial charge in [0.1, 0.15) is 11.6 Å². The second kappa shape index (κ2) is 8.57.